The van der Waals surface area contributed by atoms with E-state index in [1.54, 1.807) is 35.4 Å². The van der Waals surface area contributed by atoms with Crippen molar-refractivity contribution < 1.29 is 9.13 Å². The zero-order chi connectivity index (χ0) is 21.2. The van der Waals surface area contributed by atoms with Gasteiger partial charge in [0.1, 0.15) is 5.82 Å². The molecule has 1 fully saturated rings. The van der Waals surface area contributed by atoms with Crippen LogP contribution in [0.3, 0.4) is 0 Å². The van der Waals surface area contributed by atoms with Crippen molar-refractivity contribution in [2.75, 3.05) is 26.3 Å². The van der Waals surface area contributed by atoms with Gasteiger partial charge in [-0.25, -0.2) is 14.4 Å². The van der Waals surface area contributed by atoms with Crippen LogP contribution in [0, 0.1) is 11.2 Å². The molecule has 1 aliphatic carbocycles. The first-order chi connectivity index (χ1) is 14.7. The van der Waals surface area contributed by atoms with Crippen molar-refractivity contribution in [1.29, 1.82) is 0 Å². The molecule has 0 amide bonds. The maximum Gasteiger partial charge on any atom is 0.191 e. The van der Waals surface area contributed by atoms with Crippen LogP contribution in [0.4, 0.5) is 4.39 Å². The van der Waals surface area contributed by atoms with Gasteiger partial charge in [-0.15, -0.1) is 24.0 Å². The monoisotopic (exact) mass is 543 g/mol. The number of halogens is 2. The number of aliphatic imine (C=N–C) groups is 1. The van der Waals surface area contributed by atoms with Crippen LogP contribution in [0.2, 0.25) is 0 Å². The molecule has 1 heterocycles. The van der Waals surface area contributed by atoms with Crippen molar-refractivity contribution in [1.82, 2.24) is 20.2 Å². The Kier molecular flexibility index (Phi) is 10.7. The minimum atomic E-state index is -0.278. The summed E-state index contributed by atoms with van der Waals surface area (Å²) < 4.78 is 21.8. The maximum absolute atomic E-state index is 14.5. The Morgan fingerprint density at radius 3 is 2.71 bits per heavy atom. The number of aromatic nitrogens is 2. The summed E-state index contributed by atoms with van der Waals surface area (Å²) >= 11 is 0. The Morgan fingerprint density at radius 1 is 1.26 bits per heavy atom. The van der Waals surface area contributed by atoms with Crippen molar-refractivity contribution in [2.24, 2.45) is 10.4 Å². The quantitative estimate of drug-likeness (QED) is 0.198. The maximum atomic E-state index is 14.5. The molecule has 0 radical (unpaired) electrons. The van der Waals surface area contributed by atoms with Crippen molar-refractivity contribution in [3.8, 4) is 5.69 Å². The zero-order valence-electron chi connectivity index (χ0n) is 18.6. The predicted octanol–water partition coefficient (Wildman–Crippen LogP) is 4.67. The topological polar surface area (TPSA) is 63.5 Å². The zero-order valence-corrected chi connectivity index (χ0v) is 20.9. The van der Waals surface area contributed by atoms with Crippen molar-refractivity contribution in [3.05, 3.63) is 48.3 Å². The lowest BCUT2D eigenvalue weighted by Crippen LogP contribution is -2.43. The molecule has 0 spiro atoms. The van der Waals surface area contributed by atoms with Gasteiger partial charge in [0.15, 0.2) is 5.96 Å². The third kappa shape index (κ3) is 7.45. The summed E-state index contributed by atoms with van der Waals surface area (Å²) in [6.07, 6.45) is 11.1. The number of hydrogen-bond donors (Lipinski definition) is 2. The van der Waals surface area contributed by atoms with Gasteiger partial charge < -0.3 is 19.9 Å². The average Bonchev–Trinajstić information content (AvgIpc) is 3.43. The summed E-state index contributed by atoms with van der Waals surface area (Å²) in [6, 6.07) is 5.22. The number of guanidine groups is 1. The Labute approximate surface area is 202 Å². The molecule has 1 aromatic carbocycles. The number of benzene rings is 1. The van der Waals surface area contributed by atoms with Gasteiger partial charge >= 0.3 is 0 Å². The fourth-order valence-electron chi connectivity index (χ4n) is 4.12. The molecule has 0 bridgehead atoms. The lowest BCUT2D eigenvalue weighted by Gasteiger charge is -2.30. The Bertz CT molecular complexity index is 806. The van der Waals surface area contributed by atoms with Crippen LogP contribution < -0.4 is 10.6 Å². The van der Waals surface area contributed by atoms with Gasteiger partial charge in [-0.2, -0.15) is 0 Å². The molecule has 172 valence electrons. The number of nitrogens with zero attached hydrogens (tertiary/aromatic N) is 3. The molecule has 0 saturated heterocycles. The molecule has 31 heavy (non-hydrogen) atoms. The minimum absolute atomic E-state index is 0. The van der Waals surface area contributed by atoms with Crippen LogP contribution in [0.15, 0.2) is 41.9 Å². The number of rotatable bonds is 10. The first-order valence-corrected chi connectivity index (χ1v) is 11.0. The summed E-state index contributed by atoms with van der Waals surface area (Å²) in [7, 11) is 0. The molecule has 6 nitrogen and oxygen atoms in total. The predicted molar refractivity (Wildman–Crippen MR) is 134 cm³/mol. The van der Waals surface area contributed by atoms with Gasteiger partial charge in [0.25, 0.3) is 0 Å². The second kappa shape index (κ2) is 13.0. The van der Waals surface area contributed by atoms with Gasteiger partial charge in [0.05, 0.1) is 18.6 Å². The molecular formula is C23H35FIN5O. The molecule has 2 aromatic rings. The van der Waals surface area contributed by atoms with Crippen LogP contribution in [-0.2, 0) is 11.3 Å². The van der Waals surface area contributed by atoms with Crippen molar-refractivity contribution in [2.45, 2.75) is 52.5 Å². The Hall–Kier alpha value is -1.68. The van der Waals surface area contributed by atoms with E-state index in [2.05, 4.69) is 27.5 Å². The summed E-state index contributed by atoms with van der Waals surface area (Å²) in [5.74, 6) is 0.499. The molecule has 3 rings (SSSR count). The SMILES string of the molecule is CCNC(=NCc1ccc(-n2ccnc2)c(F)c1)NCC1(CCOCC)CCCC1.I. The standard InChI is InChI=1S/C23H34FN5O.HI/c1-3-26-22(28-17-23(9-5-6-10-23)11-14-30-4-2)27-16-19-7-8-21(20(24)15-19)29-13-12-25-18-29;/h7-8,12-13,15,18H,3-6,9-11,14,16-17H2,1-2H3,(H2,26,27,28);1H. The number of imidazole rings is 1. The summed E-state index contributed by atoms with van der Waals surface area (Å²) in [5, 5.41) is 6.84. The largest absolute Gasteiger partial charge is 0.382 e. The van der Waals surface area contributed by atoms with Gasteiger partial charge in [-0.3, -0.25) is 0 Å². The summed E-state index contributed by atoms with van der Waals surface area (Å²) in [6.45, 7) is 7.77. The van der Waals surface area contributed by atoms with Crippen LogP contribution in [-0.4, -0.2) is 41.8 Å². The molecule has 2 N–H and O–H groups in total. The molecule has 0 atom stereocenters. The molecule has 1 aliphatic rings. The molecule has 1 aromatic heterocycles. The Morgan fingerprint density at radius 2 is 2.06 bits per heavy atom. The molecule has 0 unspecified atom stereocenters. The molecule has 1 saturated carbocycles. The van der Waals surface area contributed by atoms with E-state index in [9.17, 15) is 4.39 Å². The van der Waals surface area contributed by atoms with Crippen molar-refractivity contribution in [3.63, 3.8) is 0 Å². The highest BCUT2D eigenvalue weighted by atomic mass is 127. The minimum Gasteiger partial charge on any atom is -0.382 e. The second-order valence-corrected chi connectivity index (χ2v) is 7.96. The summed E-state index contributed by atoms with van der Waals surface area (Å²) in [5.41, 5.74) is 1.60. The lowest BCUT2D eigenvalue weighted by atomic mass is 9.83. The molecule has 0 aliphatic heterocycles. The highest BCUT2D eigenvalue weighted by Crippen LogP contribution is 2.40. The number of hydrogen-bond acceptors (Lipinski definition) is 3. The number of ether oxygens (including phenoxy) is 1. The van der Waals surface area contributed by atoms with E-state index < -0.39 is 0 Å². The van der Waals surface area contributed by atoms with Crippen LogP contribution >= 0.6 is 24.0 Å². The van der Waals surface area contributed by atoms with E-state index in [0.29, 0.717) is 12.2 Å². The number of nitrogens with one attached hydrogen (secondary N) is 2. The van der Waals surface area contributed by atoms with Gasteiger partial charge in [0.2, 0.25) is 0 Å². The van der Waals surface area contributed by atoms with Gasteiger partial charge in [0, 0.05) is 38.7 Å². The normalized spacial score (nSPS) is 15.5. The van der Waals surface area contributed by atoms with Crippen LogP contribution in [0.5, 0.6) is 0 Å². The second-order valence-electron chi connectivity index (χ2n) is 7.96. The highest BCUT2D eigenvalue weighted by molar-refractivity contribution is 14.0. The van der Waals surface area contributed by atoms with E-state index in [1.807, 2.05) is 13.0 Å². The lowest BCUT2D eigenvalue weighted by molar-refractivity contribution is 0.105. The third-order valence-corrected chi connectivity index (χ3v) is 5.83. The van der Waals surface area contributed by atoms with Crippen LogP contribution in [0.1, 0.15) is 51.5 Å². The van der Waals surface area contributed by atoms with E-state index >= 15 is 0 Å². The van der Waals surface area contributed by atoms with E-state index in [1.165, 1.54) is 25.7 Å². The van der Waals surface area contributed by atoms with E-state index in [0.717, 1.165) is 44.2 Å². The smallest absolute Gasteiger partial charge is 0.191 e. The summed E-state index contributed by atoms with van der Waals surface area (Å²) in [4.78, 5) is 8.66. The van der Waals surface area contributed by atoms with E-state index in [4.69, 9.17) is 4.74 Å². The fraction of sp³-hybridized carbons (Fsp3) is 0.565. The van der Waals surface area contributed by atoms with Crippen molar-refractivity contribution >= 4 is 29.9 Å². The first kappa shape index (κ1) is 25.6. The van der Waals surface area contributed by atoms with Crippen LogP contribution in [0.25, 0.3) is 5.69 Å². The van der Waals surface area contributed by atoms with Gasteiger partial charge in [-0.05, 0) is 56.2 Å². The Balaban J connectivity index is 0.00000341. The van der Waals surface area contributed by atoms with Gasteiger partial charge in [-0.1, -0.05) is 18.9 Å². The fourth-order valence-corrected chi connectivity index (χ4v) is 4.12. The molecular weight excluding hydrogens is 508 g/mol. The molecule has 8 heteroatoms. The average molecular weight is 543 g/mol. The first-order valence-electron chi connectivity index (χ1n) is 11.0. The third-order valence-electron chi connectivity index (χ3n) is 5.83. The highest BCUT2D eigenvalue weighted by Gasteiger charge is 2.33. The van der Waals surface area contributed by atoms with E-state index in [-0.39, 0.29) is 35.2 Å².